The standard InChI is InChI=1S/C13H20NO2/c1-11(10-14(2,3)4)16-13(15)12-8-6-5-7-9-12/h5-9,11H,10H2,1-4H3/q+1. The van der Waals surface area contributed by atoms with Crippen LogP contribution in [0.1, 0.15) is 17.3 Å². The molecular weight excluding hydrogens is 202 g/mol. The van der Waals surface area contributed by atoms with Gasteiger partial charge < -0.3 is 9.22 Å². The van der Waals surface area contributed by atoms with Gasteiger partial charge in [0.2, 0.25) is 0 Å². The molecule has 0 fully saturated rings. The van der Waals surface area contributed by atoms with Gasteiger partial charge in [-0.3, -0.25) is 0 Å². The van der Waals surface area contributed by atoms with Crippen LogP contribution in [0.25, 0.3) is 0 Å². The van der Waals surface area contributed by atoms with Crippen molar-refractivity contribution in [3.8, 4) is 0 Å². The predicted molar refractivity (Wildman–Crippen MR) is 64.2 cm³/mol. The third kappa shape index (κ3) is 4.45. The van der Waals surface area contributed by atoms with Crippen LogP contribution in [-0.2, 0) is 4.74 Å². The normalized spacial score (nSPS) is 13.2. The molecule has 0 aromatic heterocycles. The Bertz CT molecular complexity index is 341. The first kappa shape index (κ1) is 12.7. The van der Waals surface area contributed by atoms with Gasteiger partial charge in [0, 0.05) is 0 Å². The van der Waals surface area contributed by atoms with Gasteiger partial charge in [-0.05, 0) is 19.1 Å². The number of carbonyl (C=O) groups is 1. The van der Waals surface area contributed by atoms with Gasteiger partial charge >= 0.3 is 5.97 Å². The fourth-order valence-corrected chi connectivity index (χ4v) is 1.63. The van der Waals surface area contributed by atoms with Crippen LogP contribution in [0.5, 0.6) is 0 Å². The predicted octanol–water partition coefficient (Wildman–Crippen LogP) is 1.94. The fourth-order valence-electron chi connectivity index (χ4n) is 1.63. The Hall–Kier alpha value is -1.35. The molecule has 88 valence electrons. The average molecular weight is 222 g/mol. The van der Waals surface area contributed by atoms with E-state index in [0.717, 1.165) is 11.0 Å². The van der Waals surface area contributed by atoms with E-state index in [1.807, 2.05) is 25.1 Å². The van der Waals surface area contributed by atoms with Gasteiger partial charge in [0.1, 0.15) is 12.6 Å². The van der Waals surface area contributed by atoms with Crippen molar-refractivity contribution in [3.63, 3.8) is 0 Å². The molecule has 0 aliphatic rings. The lowest BCUT2D eigenvalue weighted by Crippen LogP contribution is -2.41. The SMILES string of the molecule is CC(C[N+](C)(C)C)OC(=O)c1ccccc1. The van der Waals surface area contributed by atoms with Crippen molar-refractivity contribution >= 4 is 5.97 Å². The molecule has 0 aliphatic heterocycles. The highest BCUT2D eigenvalue weighted by Crippen LogP contribution is 2.05. The van der Waals surface area contributed by atoms with E-state index in [4.69, 9.17) is 4.74 Å². The van der Waals surface area contributed by atoms with E-state index in [2.05, 4.69) is 21.1 Å². The summed E-state index contributed by atoms with van der Waals surface area (Å²) in [5, 5.41) is 0. The molecule has 3 nitrogen and oxygen atoms in total. The van der Waals surface area contributed by atoms with Gasteiger partial charge in [-0.25, -0.2) is 4.79 Å². The molecule has 0 radical (unpaired) electrons. The lowest BCUT2D eigenvalue weighted by atomic mass is 10.2. The minimum atomic E-state index is -0.249. The van der Waals surface area contributed by atoms with Crippen LogP contribution >= 0.6 is 0 Å². The molecule has 3 heteroatoms. The lowest BCUT2D eigenvalue weighted by Gasteiger charge is -2.27. The Balaban J connectivity index is 2.53. The maximum absolute atomic E-state index is 11.7. The first-order chi connectivity index (χ1) is 7.38. The van der Waals surface area contributed by atoms with Crippen molar-refractivity contribution in [1.29, 1.82) is 0 Å². The molecule has 0 saturated heterocycles. The Morgan fingerprint density at radius 2 is 1.81 bits per heavy atom. The maximum atomic E-state index is 11.7. The molecule has 0 heterocycles. The van der Waals surface area contributed by atoms with Gasteiger partial charge in [0.15, 0.2) is 0 Å². The highest BCUT2D eigenvalue weighted by Gasteiger charge is 2.18. The Morgan fingerprint density at radius 3 is 2.31 bits per heavy atom. The van der Waals surface area contributed by atoms with Crippen LogP contribution in [0.4, 0.5) is 0 Å². The number of hydrogen-bond acceptors (Lipinski definition) is 2. The van der Waals surface area contributed by atoms with Crippen molar-refractivity contribution in [3.05, 3.63) is 35.9 Å². The van der Waals surface area contributed by atoms with E-state index in [9.17, 15) is 4.79 Å². The van der Waals surface area contributed by atoms with Gasteiger partial charge in [-0.2, -0.15) is 0 Å². The second kappa shape index (κ2) is 5.12. The minimum absolute atomic E-state index is 0.0762. The van der Waals surface area contributed by atoms with Crippen LogP contribution in [0.2, 0.25) is 0 Å². The summed E-state index contributed by atoms with van der Waals surface area (Å²) in [6, 6.07) is 9.08. The molecule has 16 heavy (non-hydrogen) atoms. The molecule has 1 rings (SSSR count). The molecular formula is C13H20NO2+. The van der Waals surface area contributed by atoms with Gasteiger partial charge in [0.05, 0.1) is 26.7 Å². The van der Waals surface area contributed by atoms with E-state index in [1.165, 1.54) is 0 Å². The summed E-state index contributed by atoms with van der Waals surface area (Å²) in [4.78, 5) is 11.7. The monoisotopic (exact) mass is 222 g/mol. The largest absolute Gasteiger partial charge is 0.453 e. The fraction of sp³-hybridized carbons (Fsp3) is 0.462. The maximum Gasteiger partial charge on any atom is 0.338 e. The summed E-state index contributed by atoms with van der Waals surface area (Å²) in [7, 11) is 6.23. The van der Waals surface area contributed by atoms with E-state index < -0.39 is 0 Å². The van der Waals surface area contributed by atoms with E-state index in [1.54, 1.807) is 12.1 Å². The van der Waals surface area contributed by atoms with Gasteiger partial charge in [-0.15, -0.1) is 0 Å². The second-order valence-corrected chi connectivity index (χ2v) is 5.05. The topological polar surface area (TPSA) is 26.3 Å². The van der Waals surface area contributed by atoms with E-state index in [0.29, 0.717) is 5.56 Å². The Kier molecular flexibility index (Phi) is 4.07. The molecule has 0 bridgehead atoms. The van der Waals surface area contributed by atoms with Crippen molar-refractivity contribution in [2.75, 3.05) is 27.7 Å². The van der Waals surface area contributed by atoms with Crippen LogP contribution < -0.4 is 0 Å². The first-order valence-corrected chi connectivity index (χ1v) is 5.45. The summed E-state index contributed by atoms with van der Waals surface area (Å²) < 4.78 is 6.14. The number of carbonyl (C=O) groups excluding carboxylic acids is 1. The zero-order valence-corrected chi connectivity index (χ0v) is 10.4. The number of quaternary nitrogens is 1. The van der Waals surface area contributed by atoms with Crippen LogP contribution in [0.15, 0.2) is 30.3 Å². The molecule has 0 spiro atoms. The third-order valence-electron chi connectivity index (χ3n) is 2.12. The first-order valence-electron chi connectivity index (χ1n) is 5.45. The Labute approximate surface area is 97.2 Å². The number of nitrogens with zero attached hydrogens (tertiary/aromatic N) is 1. The van der Waals surface area contributed by atoms with Crippen molar-refractivity contribution < 1.29 is 14.0 Å². The van der Waals surface area contributed by atoms with Gasteiger partial charge in [-0.1, -0.05) is 18.2 Å². The number of rotatable bonds is 4. The molecule has 0 saturated carbocycles. The molecule has 0 aliphatic carbocycles. The van der Waals surface area contributed by atoms with E-state index >= 15 is 0 Å². The third-order valence-corrected chi connectivity index (χ3v) is 2.12. The number of hydrogen-bond donors (Lipinski definition) is 0. The molecule has 1 aromatic carbocycles. The highest BCUT2D eigenvalue weighted by molar-refractivity contribution is 5.89. The lowest BCUT2D eigenvalue weighted by molar-refractivity contribution is -0.873. The number of ether oxygens (including phenoxy) is 1. The minimum Gasteiger partial charge on any atom is -0.453 e. The van der Waals surface area contributed by atoms with E-state index in [-0.39, 0.29) is 12.1 Å². The summed E-state index contributed by atoms with van der Waals surface area (Å²) in [6.07, 6.45) is -0.0762. The molecule has 1 atom stereocenters. The Morgan fingerprint density at radius 1 is 1.25 bits per heavy atom. The van der Waals surface area contributed by atoms with Crippen molar-refractivity contribution in [2.45, 2.75) is 13.0 Å². The molecule has 1 aromatic rings. The zero-order chi connectivity index (χ0) is 12.2. The second-order valence-electron chi connectivity index (χ2n) is 5.05. The zero-order valence-electron chi connectivity index (χ0n) is 10.4. The highest BCUT2D eigenvalue weighted by atomic mass is 16.5. The summed E-state index contributed by atoms with van der Waals surface area (Å²) in [5.74, 6) is -0.249. The molecule has 0 N–H and O–H groups in total. The number of benzene rings is 1. The summed E-state index contributed by atoms with van der Waals surface area (Å²) in [6.45, 7) is 2.73. The van der Waals surface area contributed by atoms with Crippen molar-refractivity contribution in [1.82, 2.24) is 0 Å². The van der Waals surface area contributed by atoms with Crippen LogP contribution in [-0.4, -0.2) is 44.2 Å². The summed E-state index contributed by atoms with van der Waals surface area (Å²) in [5.41, 5.74) is 0.607. The smallest absolute Gasteiger partial charge is 0.338 e. The van der Waals surface area contributed by atoms with Crippen LogP contribution in [0, 0.1) is 0 Å². The average Bonchev–Trinajstić information content (AvgIpc) is 2.16. The number of likely N-dealkylation sites (N-methyl/N-ethyl adjacent to an activating group) is 1. The quantitative estimate of drug-likeness (QED) is 0.575. The molecule has 0 amide bonds. The van der Waals surface area contributed by atoms with Gasteiger partial charge in [0.25, 0.3) is 0 Å². The summed E-state index contributed by atoms with van der Waals surface area (Å²) >= 11 is 0. The van der Waals surface area contributed by atoms with Crippen LogP contribution in [0.3, 0.4) is 0 Å². The van der Waals surface area contributed by atoms with Crippen molar-refractivity contribution in [2.24, 2.45) is 0 Å². The molecule has 1 unspecified atom stereocenters. The number of esters is 1.